The van der Waals surface area contributed by atoms with Crippen molar-refractivity contribution in [3.05, 3.63) is 59.9 Å². The fourth-order valence-corrected chi connectivity index (χ4v) is 2.33. The van der Waals surface area contributed by atoms with Crippen molar-refractivity contribution in [3.63, 3.8) is 0 Å². The zero-order chi connectivity index (χ0) is 14.5. The van der Waals surface area contributed by atoms with Crippen LogP contribution in [-0.2, 0) is 13.0 Å². The van der Waals surface area contributed by atoms with Gasteiger partial charge in [0.25, 0.3) is 0 Å². The van der Waals surface area contributed by atoms with Crippen molar-refractivity contribution in [1.82, 2.24) is 15.6 Å². The molecule has 2 amide bonds. The number of carbonyl (C=O) groups excluding carboxylic acids is 1. The summed E-state index contributed by atoms with van der Waals surface area (Å²) in [6, 6.07) is 13.3. The van der Waals surface area contributed by atoms with Crippen molar-refractivity contribution >= 4 is 6.03 Å². The number of nitrogens with one attached hydrogen (secondary N) is 2. The lowest BCUT2D eigenvalue weighted by atomic mass is 10.0. The minimum atomic E-state index is -0.200. The van der Waals surface area contributed by atoms with Crippen molar-refractivity contribution in [2.24, 2.45) is 0 Å². The highest BCUT2D eigenvalue weighted by Crippen LogP contribution is 2.23. The van der Waals surface area contributed by atoms with Crippen LogP contribution in [0.15, 0.2) is 48.7 Å². The fraction of sp³-hybridized carbons (Fsp3) is 0.250. The molecule has 0 unspecified atom stereocenters. The molecule has 5 nitrogen and oxygen atoms in total. The number of carbonyl (C=O) groups is 1. The van der Waals surface area contributed by atoms with Crippen LogP contribution in [-0.4, -0.2) is 23.7 Å². The number of benzene rings is 1. The summed E-state index contributed by atoms with van der Waals surface area (Å²) >= 11 is 0. The SMILES string of the molecule is O=C(NCc1ccccn1)N[C@H]1COc2ccccc2C1. The Kier molecular flexibility index (Phi) is 4.00. The zero-order valence-electron chi connectivity index (χ0n) is 11.6. The lowest BCUT2D eigenvalue weighted by molar-refractivity contribution is 0.214. The van der Waals surface area contributed by atoms with E-state index in [1.807, 2.05) is 42.5 Å². The third-order valence-electron chi connectivity index (χ3n) is 3.37. The molecular formula is C16H17N3O2. The number of hydrogen-bond donors (Lipinski definition) is 2. The molecule has 108 valence electrons. The standard InChI is InChI=1S/C16H17N3O2/c20-16(18-10-13-6-3-4-8-17-13)19-14-9-12-5-1-2-7-15(12)21-11-14/h1-8,14H,9-11H2,(H2,18,19,20)/t14-/m1/s1. The second-order valence-electron chi connectivity index (χ2n) is 4.97. The molecule has 0 fully saturated rings. The van der Waals surface area contributed by atoms with Gasteiger partial charge in [-0.05, 0) is 30.2 Å². The van der Waals surface area contributed by atoms with Gasteiger partial charge in [0.15, 0.2) is 0 Å². The highest BCUT2D eigenvalue weighted by atomic mass is 16.5. The molecule has 1 aliphatic heterocycles. The van der Waals surface area contributed by atoms with Crippen LogP contribution in [0.1, 0.15) is 11.3 Å². The van der Waals surface area contributed by atoms with Gasteiger partial charge < -0.3 is 15.4 Å². The maximum Gasteiger partial charge on any atom is 0.315 e. The number of nitrogens with zero attached hydrogens (tertiary/aromatic N) is 1. The Balaban J connectivity index is 1.50. The van der Waals surface area contributed by atoms with Gasteiger partial charge in [-0.15, -0.1) is 0 Å². The van der Waals surface area contributed by atoms with E-state index in [9.17, 15) is 4.79 Å². The molecule has 1 aromatic heterocycles. The number of urea groups is 1. The first-order valence-corrected chi connectivity index (χ1v) is 6.96. The summed E-state index contributed by atoms with van der Waals surface area (Å²) in [6.07, 6.45) is 2.49. The lowest BCUT2D eigenvalue weighted by Gasteiger charge is -2.26. The van der Waals surface area contributed by atoms with E-state index < -0.39 is 0 Å². The Morgan fingerprint density at radius 1 is 1.24 bits per heavy atom. The van der Waals surface area contributed by atoms with E-state index in [1.165, 1.54) is 0 Å². The molecule has 0 aliphatic carbocycles. The monoisotopic (exact) mass is 283 g/mol. The van der Waals surface area contributed by atoms with Crippen LogP contribution in [0.2, 0.25) is 0 Å². The van der Waals surface area contributed by atoms with Gasteiger partial charge in [-0.1, -0.05) is 24.3 Å². The van der Waals surface area contributed by atoms with Crippen molar-refractivity contribution in [1.29, 1.82) is 0 Å². The Morgan fingerprint density at radius 3 is 2.95 bits per heavy atom. The van der Waals surface area contributed by atoms with Crippen molar-refractivity contribution in [2.45, 2.75) is 19.0 Å². The molecule has 2 heterocycles. The van der Waals surface area contributed by atoms with E-state index in [2.05, 4.69) is 15.6 Å². The van der Waals surface area contributed by atoms with Crippen LogP contribution < -0.4 is 15.4 Å². The molecule has 21 heavy (non-hydrogen) atoms. The molecule has 5 heteroatoms. The van der Waals surface area contributed by atoms with Crippen LogP contribution in [0.4, 0.5) is 4.79 Å². The Morgan fingerprint density at radius 2 is 2.10 bits per heavy atom. The molecule has 1 aliphatic rings. The predicted octanol–water partition coefficient (Wildman–Crippen LogP) is 1.88. The van der Waals surface area contributed by atoms with Gasteiger partial charge in [0, 0.05) is 6.20 Å². The first kappa shape index (κ1) is 13.4. The molecule has 0 saturated carbocycles. The molecule has 0 bridgehead atoms. The molecule has 1 aromatic carbocycles. The predicted molar refractivity (Wildman–Crippen MR) is 79.0 cm³/mol. The summed E-state index contributed by atoms with van der Waals surface area (Å²) in [6.45, 7) is 0.908. The number of ether oxygens (including phenoxy) is 1. The highest BCUT2D eigenvalue weighted by molar-refractivity contribution is 5.74. The smallest absolute Gasteiger partial charge is 0.315 e. The van der Waals surface area contributed by atoms with Gasteiger partial charge in [0.1, 0.15) is 12.4 Å². The molecule has 0 spiro atoms. The van der Waals surface area contributed by atoms with Gasteiger partial charge in [-0.3, -0.25) is 4.98 Å². The minimum Gasteiger partial charge on any atom is -0.491 e. The van der Waals surface area contributed by atoms with Crippen molar-refractivity contribution in [3.8, 4) is 5.75 Å². The summed E-state index contributed by atoms with van der Waals surface area (Å²) in [5, 5.41) is 5.73. The summed E-state index contributed by atoms with van der Waals surface area (Å²) in [5.74, 6) is 0.907. The van der Waals surface area contributed by atoms with Gasteiger partial charge in [-0.2, -0.15) is 0 Å². The third kappa shape index (κ3) is 3.51. The number of aromatic nitrogens is 1. The molecule has 2 aromatic rings. The van der Waals surface area contributed by atoms with E-state index in [0.29, 0.717) is 13.2 Å². The summed E-state index contributed by atoms with van der Waals surface area (Å²) in [5.41, 5.74) is 1.96. The van der Waals surface area contributed by atoms with E-state index in [1.54, 1.807) is 6.20 Å². The Labute approximate surface area is 123 Å². The van der Waals surface area contributed by atoms with E-state index >= 15 is 0 Å². The third-order valence-corrected chi connectivity index (χ3v) is 3.37. The van der Waals surface area contributed by atoms with E-state index in [-0.39, 0.29) is 12.1 Å². The number of amides is 2. The Hall–Kier alpha value is -2.56. The van der Waals surface area contributed by atoms with Crippen molar-refractivity contribution in [2.75, 3.05) is 6.61 Å². The molecule has 0 radical (unpaired) electrons. The van der Waals surface area contributed by atoms with Crippen LogP contribution in [0, 0.1) is 0 Å². The summed E-state index contributed by atoms with van der Waals surface area (Å²) in [7, 11) is 0. The average Bonchev–Trinajstić information content (AvgIpc) is 2.54. The van der Waals surface area contributed by atoms with E-state index in [0.717, 1.165) is 23.4 Å². The van der Waals surface area contributed by atoms with Crippen molar-refractivity contribution < 1.29 is 9.53 Å². The fourth-order valence-electron chi connectivity index (χ4n) is 2.33. The second kappa shape index (κ2) is 6.26. The molecule has 3 rings (SSSR count). The number of rotatable bonds is 3. The largest absolute Gasteiger partial charge is 0.491 e. The van der Waals surface area contributed by atoms with Gasteiger partial charge in [0.2, 0.25) is 0 Å². The van der Waals surface area contributed by atoms with Crippen LogP contribution >= 0.6 is 0 Å². The van der Waals surface area contributed by atoms with Gasteiger partial charge in [0.05, 0.1) is 18.3 Å². The molecule has 0 saturated heterocycles. The van der Waals surface area contributed by atoms with E-state index in [4.69, 9.17) is 4.74 Å². The minimum absolute atomic E-state index is 0.0105. The first-order valence-electron chi connectivity index (χ1n) is 6.96. The average molecular weight is 283 g/mol. The number of para-hydroxylation sites is 1. The summed E-state index contributed by atoms with van der Waals surface area (Å²) in [4.78, 5) is 16.1. The highest BCUT2D eigenvalue weighted by Gasteiger charge is 2.20. The molecule has 2 N–H and O–H groups in total. The molecule has 1 atom stereocenters. The first-order chi connectivity index (χ1) is 10.3. The summed E-state index contributed by atoms with van der Waals surface area (Å²) < 4.78 is 5.64. The quantitative estimate of drug-likeness (QED) is 0.904. The Bertz CT molecular complexity index is 616. The van der Waals surface area contributed by atoms with Crippen LogP contribution in [0.5, 0.6) is 5.75 Å². The van der Waals surface area contributed by atoms with Gasteiger partial charge in [-0.25, -0.2) is 4.79 Å². The van der Waals surface area contributed by atoms with Crippen LogP contribution in [0.25, 0.3) is 0 Å². The normalized spacial score (nSPS) is 16.5. The van der Waals surface area contributed by atoms with Gasteiger partial charge >= 0.3 is 6.03 Å². The van der Waals surface area contributed by atoms with Crippen LogP contribution in [0.3, 0.4) is 0 Å². The number of hydrogen-bond acceptors (Lipinski definition) is 3. The topological polar surface area (TPSA) is 63.2 Å². The number of fused-ring (bicyclic) bond motifs is 1. The maximum atomic E-state index is 11.9. The number of pyridine rings is 1. The molecular weight excluding hydrogens is 266 g/mol. The lowest BCUT2D eigenvalue weighted by Crippen LogP contribution is -2.47. The maximum absolute atomic E-state index is 11.9. The second-order valence-corrected chi connectivity index (χ2v) is 4.97. The zero-order valence-corrected chi connectivity index (χ0v) is 11.6.